The van der Waals surface area contributed by atoms with Gasteiger partial charge in [-0.25, -0.2) is 0 Å². The van der Waals surface area contributed by atoms with Crippen molar-refractivity contribution < 1.29 is 0 Å². The van der Waals surface area contributed by atoms with Gasteiger partial charge in [0, 0.05) is 0 Å². The summed E-state index contributed by atoms with van der Waals surface area (Å²) < 4.78 is 0. The van der Waals surface area contributed by atoms with Crippen LogP contribution in [0.2, 0.25) is 0 Å². The van der Waals surface area contributed by atoms with Crippen LogP contribution in [-0.4, -0.2) is 0 Å². The van der Waals surface area contributed by atoms with Crippen LogP contribution >= 0.6 is 0 Å². The van der Waals surface area contributed by atoms with Gasteiger partial charge in [-0.1, -0.05) is 44.6 Å². The Hall–Kier alpha value is -0.520. The molecule has 0 aliphatic rings. The maximum Gasteiger partial charge on any atom is -0.0351 e. The zero-order valence-electron chi connectivity index (χ0n) is 9.67. The maximum absolute atomic E-state index is 3.82. The fourth-order valence-electron chi connectivity index (χ4n) is 1.31. The van der Waals surface area contributed by atoms with E-state index in [4.69, 9.17) is 0 Å². The van der Waals surface area contributed by atoms with Crippen molar-refractivity contribution in [2.75, 3.05) is 0 Å². The molecule has 0 saturated heterocycles. The Labute approximate surface area is 90.1 Å². The van der Waals surface area contributed by atoms with Gasteiger partial charge in [0.15, 0.2) is 0 Å². The molecular formula is C14H25. The molecular weight excluding hydrogens is 168 g/mol. The largest absolute Gasteiger partial charge is 0.0888 e. The highest BCUT2D eigenvalue weighted by Gasteiger charge is 1.83. The Morgan fingerprint density at radius 3 is 1.79 bits per heavy atom. The average molecular weight is 193 g/mol. The van der Waals surface area contributed by atoms with E-state index in [1.165, 1.54) is 44.9 Å². The van der Waals surface area contributed by atoms with E-state index >= 15 is 0 Å². The molecule has 0 aromatic carbocycles. The minimum atomic E-state index is 1.06. The second kappa shape index (κ2) is 12.5. The molecule has 14 heavy (non-hydrogen) atoms. The summed E-state index contributed by atoms with van der Waals surface area (Å²) in [6.07, 6.45) is 19.0. The van der Waals surface area contributed by atoms with E-state index in [-0.39, 0.29) is 0 Å². The summed E-state index contributed by atoms with van der Waals surface area (Å²) in [7, 11) is 0. The van der Waals surface area contributed by atoms with Gasteiger partial charge in [-0.3, -0.25) is 0 Å². The van der Waals surface area contributed by atoms with Crippen LogP contribution in [0.15, 0.2) is 24.3 Å². The molecule has 1 radical (unpaired) electrons. The van der Waals surface area contributed by atoms with Gasteiger partial charge in [0.05, 0.1) is 0 Å². The molecule has 0 aromatic rings. The number of rotatable bonds is 9. The molecule has 0 rings (SSSR count). The summed E-state index contributed by atoms with van der Waals surface area (Å²) in [4.78, 5) is 0. The van der Waals surface area contributed by atoms with Crippen molar-refractivity contribution in [1.82, 2.24) is 0 Å². The number of unbranched alkanes of at least 4 members (excludes halogenated alkanes) is 5. The highest BCUT2D eigenvalue weighted by atomic mass is 13.9. The van der Waals surface area contributed by atoms with E-state index in [0.29, 0.717) is 0 Å². The first kappa shape index (κ1) is 13.5. The van der Waals surface area contributed by atoms with Crippen molar-refractivity contribution in [3.05, 3.63) is 31.2 Å². The highest BCUT2D eigenvalue weighted by molar-refractivity contribution is 4.83. The van der Waals surface area contributed by atoms with Crippen LogP contribution in [0.3, 0.4) is 0 Å². The topological polar surface area (TPSA) is 0 Å². The Morgan fingerprint density at radius 2 is 1.29 bits per heavy atom. The number of allylic oxidation sites excluding steroid dienone is 4. The lowest BCUT2D eigenvalue weighted by Gasteiger charge is -1.93. The molecule has 0 spiro atoms. The van der Waals surface area contributed by atoms with Crippen molar-refractivity contribution in [2.24, 2.45) is 0 Å². The first-order valence-corrected chi connectivity index (χ1v) is 6.01. The third-order valence-electron chi connectivity index (χ3n) is 2.18. The molecule has 0 aromatic heterocycles. The lowest BCUT2D eigenvalue weighted by Crippen LogP contribution is -1.73. The third-order valence-corrected chi connectivity index (χ3v) is 2.18. The first-order valence-electron chi connectivity index (χ1n) is 6.01. The molecule has 0 aliphatic heterocycles. The molecule has 0 heterocycles. The minimum absolute atomic E-state index is 1.06. The smallest absolute Gasteiger partial charge is 0.0351 e. The Kier molecular flexibility index (Phi) is 12.0. The van der Waals surface area contributed by atoms with Crippen molar-refractivity contribution >= 4 is 0 Å². The van der Waals surface area contributed by atoms with E-state index in [2.05, 4.69) is 38.2 Å². The SMILES string of the molecule is [CH2]CCCC=CCCCCC=CCC. The zero-order valence-corrected chi connectivity index (χ0v) is 9.67. The molecule has 0 nitrogen and oxygen atoms in total. The number of hydrogen-bond donors (Lipinski definition) is 0. The van der Waals surface area contributed by atoms with Gasteiger partial charge in [-0.2, -0.15) is 0 Å². The predicted molar refractivity (Wildman–Crippen MR) is 66.2 cm³/mol. The van der Waals surface area contributed by atoms with E-state index in [9.17, 15) is 0 Å². The number of hydrogen-bond acceptors (Lipinski definition) is 0. The van der Waals surface area contributed by atoms with Gasteiger partial charge in [-0.05, 0) is 44.9 Å². The van der Waals surface area contributed by atoms with Crippen molar-refractivity contribution in [1.29, 1.82) is 0 Å². The van der Waals surface area contributed by atoms with Crippen LogP contribution in [-0.2, 0) is 0 Å². The molecule has 0 unspecified atom stereocenters. The molecule has 0 heteroatoms. The standard InChI is InChI=1S/C14H25/c1-3-5-7-9-11-13-14-12-10-8-6-4-2/h6,8-9,11H,1,3-5,7,10,12-14H2,2H3. The summed E-state index contributed by atoms with van der Waals surface area (Å²) in [5, 5.41) is 0. The fraction of sp³-hybridized carbons (Fsp3) is 0.643. The van der Waals surface area contributed by atoms with Crippen LogP contribution in [0.4, 0.5) is 0 Å². The lowest BCUT2D eigenvalue weighted by atomic mass is 10.1. The van der Waals surface area contributed by atoms with E-state index in [0.717, 1.165) is 6.42 Å². The van der Waals surface area contributed by atoms with Gasteiger partial charge in [0.2, 0.25) is 0 Å². The molecule has 0 atom stereocenters. The molecule has 0 amide bonds. The van der Waals surface area contributed by atoms with Crippen LogP contribution in [0, 0.1) is 6.92 Å². The molecule has 0 saturated carbocycles. The van der Waals surface area contributed by atoms with E-state index in [1.807, 2.05) is 0 Å². The van der Waals surface area contributed by atoms with Gasteiger partial charge in [0.1, 0.15) is 0 Å². The Balaban J connectivity index is 3.05. The normalized spacial score (nSPS) is 11.9. The fourth-order valence-corrected chi connectivity index (χ4v) is 1.31. The van der Waals surface area contributed by atoms with Gasteiger partial charge in [0.25, 0.3) is 0 Å². The molecule has 0 fully saturated rings. The van der Waals surface area contributed by atoms with Crippen LogP contribution in [0.25, 0.3) is 0 Å². The zero-order chi connectivity index (χ0) is 10.5. The molecule has 0 N–H and O–H groups in total. The van der Waals surface area contributed by atoms with Crippen molar-refractivity contribution in [2.45, 2.75) is 58.3 Å². The van der Waals surface area contributed by atoms with Gasteiger partial charge < -0.3 is 0 Å². The second-order valence-electron chi connectivity index (χ2n) is 3.63. The van der Waals surface area contributed by atoms with Gasteiger partial charge >= 0.3 is 0 Å². The summed E-state index contributed by atoms with van der Waals surface area (Å²) in [5.41, 5.74) is 0. The first-order chi connectivity index (χ1) is 6.91. The third kappa shape index (κ3) is 11.5. The van der Waals surface area contributed by atoms with Crippen LogP contribution in [0.1, 0.15) is 58.3 Å². The quantitative estimate of drug-likeness (QED) is 0.354. The predicted octanol–water partition coefficient (Wildman–Crippen LogP) is 5.07. The maximum atomic E-state index is 3.82. The van der Waals surface area contributed by atoms with E-state index in [1.54, 1.807) is 0 Å². The van der Waals surface area contributed by atoms with E-state index < -0.39 is 0 Å². The summed E-state index contributed by atoms with van der Waals surface area (Å²) in [5.74, 6) is 0. The Bertz CT molecular complexity index is 142. The monoisotopic (exact) mass is 193 g/mol. The van der Waals surface area contributed by atoms with Crippen LogP contribution < -0.4 is 0 Å². The second-order valence-corrected chi connectivity index (χ2v) is 3.63. The Morgan fingerprint density at radius 1 is 0.786 bits per heavy atom. The molecule has 0 aliphatic carbocycles. The van der Waals surface area contributed by atoms with Crippen LogP contribution in [0.5, 0.6) is 0 Å². The highest BCUT2D eigenvalue weighted by Crippen LogP contribution is 2.03. The average Bonchev–Trinajstić information content (AvgIpc) is 2.21. The summed E-state index contributed by atoms with van der Waals surface area (Å²) in [6.45, 7) is 6.00. The summed E-state index contributed by atoms with van der Waals surface area (Å²) in [6, 6.07) is 0. The lowest BCUT2D eigenvalue weighted by molar-refractivity contribution is 0.757. The van der Waals surface area contributed by atoms with Crippen molar-refractivity contribution in [3.8, 4) is 0 Å². The minimum Gasteiger partial charge on any atom is -0.0888 e. The molecule has 81 valence electrons. The molecule has 0 bridgehead atoms. The van der Waals surface area contributed by atoms with Crippen molar-refractivity contribution in [3.63, 3.8) is 0 Å². The summed E-state index contributed by atoms with van der Waals surface area (Å²) >= 11 is 0. The van der Waals surface area contributed by atoms with Gasteiger partial charge in [-0.15, -0.1) is 0 Å².